The molecule has 0 saturated carbocycles. The van der Waals surface area contributed by atoms with Crippen molar-refractivity contribution in [2.24, 2.45) is 0 Å². The number of phenols is 1. The predicted octanol–water partition coefficient (Wildman–Crippen LogP) is 2.52. The minimum absolute atomic E-state index is 0.310. The van der Waals surface area contributed by atoms with E-state index in [0.29, 0.717) is 18.3 Å². The van der Waals surface area contributed by atoms with E-state index >= 15 is 0 Å². The van der Waals surface area contributed by atoms with Gasteiger partial charge in [0.2, 0.25) is 0 Å². The van der Waals surface area contributed by atoms with Crippen LogP contribution >= 0.6 is 0 Å². The molecule has 3 N–H and O–H groups in total. The summed E-state index contributed by atoms with van der Waals surface area (Å²) in [4.78, 5) is 0. The fourth-order valence-corrected chi connectivity index (χ4v) is 2.63. The highest BCUT2D eigenvalue weighted by molar-refractivity contribution is 5.40. The van der Waals surface area contributed by atoms with E-state index in [1.54, 1.807) is 6.07 Å². The molecule has 1 aromatic carbocycles. The van der Waals surface area contributed by atoms with Crippen molar-refractivity contribution in [1.29, 1.82) is 0 Å². The lowest BCUT2D eigenvalue weighted by molar-refractivity contribution is 0.0298. The van der Waals surface area contributed by atoms with Crippen LogP contribution in [-0.4, -0.2) is 22.4 Å². The van der Waals surface area contributed by atoms with E-state index in [-0.39, 0.29) is 0 Å². The van der Waals surface area contributed by atoms with E-state index in [0.717, 1.165) is 25.7 Å². The predicted molar refractivity (Wildman–Crippen MR) is 72.7 cm³/mol. The highest BCUT2D eigenvalue weighted by Gasteiger charge is 2.27. The van der Waals surface area contributed by atoms with Crippen LogP contribution in [0.1, 0.15) is 50.3 Å². The Morgan fingerprint density at radius 3 is 2.72 bits per heavy atom. The number of fused-ring (bicyclic) bond motifs is 1. The Bertz CT molecular complexity index is 413. The number of aromatic hydroxyl groups is 1. The topological polar surface area (TPSA) is 52.5 Å². The van der Waals surface area contributed by atoms with Gasteiger partial charge in [-0.2, -0.15) is 0 Å². The van der Waals surface area contributed by atoms with Gasteiger partial charge in [0, 0.05) is 12.6 Å². The van der Waals surface area contributed by atoms with Gasteiger partial charge in [-0.25, -0.2) is 0 Å². The molecule has 1 aliphatic rings. The average molecular weight is 249 g/mol. The Balaban J connectivity index is 2.02. The summed E-state index contributed by atoms with van der Waals surface area (Å²) >= 11 is 0. The van der Waals surface area contributed by atoms with Gasteiger partial charge in [-0.3, -0.25) is 0 Å². The fraction of sp³-hybridized carbons (Fsp3) is 0.600. The number of benzene rings is 1. The average Bonchev–Trinajstić information content (AvgIpc) is 2.78. The second-order valence-electron chi connectivity index (χ2n) is 5.29. The first-order valence-corrected chi connectivity index (χ1v) is 6.85. The van der Waals surface area contributed by atoms with Crippen LogP contribution in [0.4, 0.5) is 0 Å². The highest BCUT2D eigenvalue weighted by atomic mass is 16.3. The van der Waals surface area contributed by atoms with Gasteiger partial charge in [-0.15, -0.1) is 0 Å². The maximum Gasteiger partial charge on any atom is 0.115 e. The smallest absolute Gasteiger partial charge is 0.115 e. The molecule has 0 bridgehead atoms. The van der Waals surface area contributed by atoms with E-state index in [2.05, 4.69) is 5.32 Å². The van der Waals surface area contributed by atoms with Crippen molar-refractivity contribution in [3.63, 3.8) is 0 Å². The van der Waals surface area contributed by atoms with Gasteiger partial charge in [0.05, 0.1) is 5.60 Å². The maximum atomic E-state index is 10.3. The lowest BCUT2D eigenvalue weighted by Gasteiger charge is -2.27. The molecule has 0 amide bonds. The summed E-state index contributed by atoms with van der Waals surface area (Å²) in [5.74, 6) is 0.341. The van der Waals surface area contributed by atoms with Crippen LogP contribution in [0.2, 0.25) is 0 Å². The van der Waals surface area contributed by atoms with Crippen molar-refractivity contribution in [3.05, 3.63) is 29.3 Å². The van der Waals surface area contributed by atoms with Crippen LogP contribution in [-0.2, 0) is 6.42 Å². The third-order valence-corrected chi connectivity index (χ3v) is 4.20. The number of aliphatic hydroxyl groups is 1. The van der Waals surface area contributed by atoms with Gasteiger partial charge in [0.25, 0.3) is 0 Å². The lowest BCUT2D eigenvalue weighted by atomic mass is 9.96. The molecule has 3 nitrogen and oxygen atoms in total. The Labute approximate surface area is 109 Å². The third-order valence-electron chi connectivity index (χ3n) is 4.20. The second-order valence-corrected chi connectivity index (χ2v) is 5.29. The van der Waals surface area contributed by atoms with Crippen molar-refractivity contribution in [3.8, 4) is 5.75 Å². The zero-order chi connectivity index (χ0) is 13.2. The van der Waals surface area contributed by atoms with Crippen LogP contribution in [0.5, 0.6) is 5.75 Å². The van der Waals surface area contributed by atoms with E-state index < -0.39 is 5.60 Å². The molecular formula is C15H23NO2. The number of hydrogen-bond donors (Lipinski definition) is 3. The minimum Gasteiger partial charge on any atom is -0.508 e. The third kappa shape index (κ3) is 2.68. The Kier molecular flexibility index (Phi) is 3.93. The quantitative estimate of drug-likeness (QED) is 0.751. The number of nitrogens with one attached hydrogen (secondary N) is 1. The monoisotopic (exact) mass is 249 g/mol. The molecule has 0 aromatic heterocycles. The molecular weight excluding hydrogens is 226 g/mol. The van der Waals surface area contributed by atoms with Crippen molar-refractivity contribution >= 4 is 0 Å². The molecule has 1 aromatic rings. The van der Waals surface area contributed by atoms with Crippen molar-refractivity contribution in [2.45, 2.75) is 51.2 Å². The van der Waals surface area contributed by atoms with E-state index in [9.17, 15) is 10.2 Å². The van der Waals surface area contributed by atoms with Crippen molar-refractivity contribution in [1.82, 2.24) is 5.32 Å². The van der Waals surface area contributed by atoms with Crippen molar-refractivity contribution < 1.29 is 10.2 Å². The zero-order valence-electron chi connectivity index (χ0n) is 11.2. The van der Waals surface area contributed by atoms with Gasteiger partial charge in [-0.1, -0.05) is 19.9 Å². The van der Waals surface area contributed by atoms with Crippen LogP contribution in [0.15, 0.2) is 18.2 Å². The number of phenolic OH excluding ortho intramolecular Hbond substituents is 1. The standard InChI is InChI=1S/C15H23NO2/c1-3-15(18,4-2)10-16-14-8-5-11-9-12(17)6-7-13(11)14/h6-7,9,14,16-18H,3-5,8,10H2,1-2H3. The molecule has 1 unspecified atom stereocenters. The molecule has 0 fully saturated rings. The molecule has 0 saturated heterocycles. The highest BCUT2D eigenvalue weighted by Crippen LogP contribution is 2.33. The summed E-state index contributed by atoms with van der Waals surface area (Å²) in [7, 11) is 0. The van der Waals surface area contributed by atoms with E-state index in [1.165, 1.54) is 11.1 Å². The van der Waals surface area contributed by atoms with E-state index in [1.807, 2.05) is 26.0 Å². The van der Waals surface area contributed by atoms with Gasteiger partial charge < -0.3 is 15.5 Å². The molecule has 0 heterocycles. The molecule has 0 aliphatic heterocycles. The summed E-state index contributed by atoms with van der Waals surface area (Å²) in [6.07, 6.45) is 3.58. The SMILES string of the molecule is CCC(O)(CC)CNC1CCc2cc(O)ccc21. The first-order chi connectivity index (χ1) is 8.58. The van der Waals surface area contributed by atoms with Crippen LogP contribution in [0, 0.1) is 0 Å². The molecule has 2 rings (SSSR count). The Hall–Kier alpha value is -1.06. The molecule has 100 valence electrons. The summed E-state index contributed by atoms with van der Waals surface area (Å²) in [5.41, 5.74) is 1.89. The van der Waals surface area contributed by atoms with Gasteiger partial charge >= 0.3 is 0 Å². The first-order valence-electron chi connectivity index (χ1n) is 6.85. The zero-order valence-corrected chi connectivity index (χ0v) is 11.2. The lowest BCUT2D eigenvalue weighted by Crippen LogP contribution is -2.40. The molecule has 3 heteroatoms. The van der Waals surface area contributed by atoms with Crippen molar-refractivity contribution in [2.75, 3.05) is 6.54 Å². The Morgan fingerprint density at radius 2 is 2.06 bits per heavy atom. The molecule has 18 heavy (non-hydrogen) atoms. The molecule has 0 radical (unpaired) electrons. The van der Waals surface area contributed by atoms with Gasteiger partial charge in [0.15, 0.2) is 0 Å². The number of rotatable bonds is 5. The molecule has 0 spiro atoms. The maximum absolute atomic E-state index is 10.3. The fourth-order valence-electron chi connectivity index (χ4n) is 2.63. The number of aryl methyl sites for hydroxylation is 1. The second kappa shape index (κ2) is 5.29. The van der Waals surface area contributed by atoms with Gasteiger partial charge in [0.1, 0.15) is 5.75 Å². The van der Waals surface area contributed by atoms with Crippen LogP contribution in [0.3, 0.4) is 0 Å². The minimum atomic E-state index is -0.598. The normalized spacial score (nSPS) is 18.9. The summed E-state index contributed by atoms with van der Waals surface area (Å²) < 4.78 is 0. The molecule has 1 aliphatic carbocycles. The Morgan fingerprint density at radius 1 is 1.33 bits per heavy atom. The summed E-state index contributed by atoms with van der Waals surface area (Å²) in [6, 6.07) is 5.89. The summed E-state index contributed by atoms with van der Waals surface area (Å²) in [6.45, 7) is 4.67. The van der Waals surface area contributed by atoms with E-state index in [4.69, 9.17) is 0 Å². The summed E-state index contributed by atoms with van der Waals surface area (Å²) in [5, 5.41) is 23.2. The first kappa shape index (κ1) is 13.4. The number of hydrogen-bond acceptors (Lipinski definition) is 3. The molecule has 1 atom stereocenters. The largest absolute Gasteiger partial charge is 0.508 e. The van der Waals surface area contributed by atoms with Gasteiger partial charge in [-0.05, 0) is 48.9 Å². The van der Waals surface area contributed by atoms with Crippen LogP contribution in [0.25, 0.3) is 0 Å². The van der Waals surface area contributed by atoms with Crippen LogP contribution < -0.4 is 5.32 Å².